The van der Waals surface area contributed by atoms with Crippen LogP contribution in [-0.4, -0.2) is 61.2 Å². The monoisotopic (exact) mass is 254 g/mol. The zero-order valence-electron chi connectivity index (χ0n) is 9.25. The van der Waals surface area contributed by atoms with Gasteiger partial charge in [0, 0.05) is 0 Å². The molecular weight excluding hydrogens is 242 g/mol. The zero-order valence-corrected chi connectivity index (χ0v) is 10.2. The van der Waals surface area contributed by atoms with Gasteiger partial charge in [-0.2, -0.15) is 0 Å². The van der Waals surface area contributed by atoms with E-state index in [9.17, 15) is 0 Å². The maximum atomic E-state index is 8.74. The molecule has 2 saturated heterocycles. The van der Waals surface area contributed by atoms with Crippen molar-refractivity contribution in [2.24, 2.45) is 0 Å². The summed E-state index contributed by atoms with van der Waals surface area (Å²) in [5.41, 5.74) is 0. The second-order valence-electron chi connectivity index (χ2n) is 1.87. The average molecular weight is 253 g/mol. The van der Waals surface area contributed by atoms with Crippen LogP contribution >= 0.6 is 0 Å². The maximum absolute atomic E-state index is 8.74. The molecule has 90 valence electrons. The molecule has 0 aromatic heterocycles. The number of hydrogen-bond donors (Lipinski definition) is 2. The fraction of sp³-hybridized carbons (Fsp3) is 0. The summed E-state index contributed by atoms with van der Waals surface area (Å²) in [6.45, 7) is 0. The summed E-state index contributed by atoms with van der Waals surface area (Å²) in [7, 11) is -5.20. The minimum absolute atomic E-state index is 0. The molecule has 2 fully saturated rings. The molecule has 11 nitrogen and oxygen atoms in total. The van der Waals surface area contributed by atoms with Crippen molar-refractivity contribution in [3.05, 3.63) is 0 Å². The Morgan fingerprint density at radius 1 is 0.625 bits per heavy atom. The van der Waals surface area contributed by atoms with Crippen molar-refractivity contribution >= 4 is 29.3 Å². The second-order valence-corrected chi connectivity index (χ2v) is 1.87. The summed E-state index contributed by atoms with van der Waals surface area (Å²) in [6, 6.07) is 0. The van der Waals surface area contributed by atoms with Gasteiger partial charge in [-0.25, -0.2) is 0 Å². The largest absolute Gasteiger partial charge is 1.00 e. The second kappa shape index (κ2) is 10.9. The van der Waals surface area contributed by atoms with E-state index in [1.54, 1.807) is 0 Å². The summed E-state index contributed by atoms with van der Waals surface area (Å²) in [5, 5.41) is 17.5. The van der Waals surface area contributed by atoms with Crippen molar-refractivity contribution in [1.29, 1.82) is 0 Å². The van der Waals surface area contributed by atoms with Crippen molar-refractivity contribution in [3.63, 3.8) is 0 Å². The Bertz CT molecular complexity index is 129. The van der Waals surface area contributed by atoms with Crippen LogP contribution in [-0.2, 0) is 22.9 Å². The topological polar surface area (TPSA) is 213 Å². The summed E-state index contributed by atoms with van der Waals surface area (Å²) in [6.07, 6.45) is 0. The predicted octanol–water partition coefficient (Wildman–Crippen LogP) is -9.16. The van der Waals surface area contributed by atoms with Gasteiger partial charge >= 0.3 is 58.8 Å². The molecule has 2 bridgehead atoms. The van der Waals surface area contributed by atoms with Gasteiger partial charge < -0.3 is 56.2 Å². The first kappa shape index (κ1) is 25.6. The Hall–Kier alpha value is 0.820. The Morgan fingerprint density at radius 3 is 1.12 bits per heavy atom. The SMILES string of the molecule is O.O.O.O.OB1OB2OB(O)OB(O1)O2.[H-].[Na+]. The molecule has 0 aliphatic carbocycles. The van der Waals surface area contributed by atoms with Crippen molar-refractivity contribution in [2.75, 3.05) is 0 Å². The summed E-state index contributed by atoms with van der Waals surface area (Å²) in [5.74, 6) is 0. The molecule has 0 aromatic rings. The van der Waals surface area contributed by atoms with Gasteiger partial charge in [-0.1, -0.05) is 0 Å². The van der Waals surface area contributed by atoms with E-state index in [-0.39, 0.29) is 52.9 Å². The molecule has 2 heterocycles. The minimum Gasteiger partial charge on any atom is -1.00 e. The van der Waals surface area contributed by atoms with Crippen LogP contribution in [0.25, 0.3) is 0 Å². The van der Waals surface area contributed by atoms with Gasteiger partial charge in [-0.05, 0) is 0 Å². The first-order valence-electron chi connectivity index (χ1n) is 2.87. The minimum atomic E-state index is -1.45. The van der Waals surface area contributed by atoms with Gasteiger partial charge in [-0.3, -0.25) is 0 Å². The first-order valence-corrected chi connectivity index (χ1v) is 2.87. The van der Waals surface area contributed by atoms with Gasteiger partial charge in [0.2, 0.25) is 0 Å². The number of hydrogen-bond acceptors (Lipinski definition) is 7. The molecule has 2 aliphatic rings. The molecule has 2 aliphatic heterocycles. The molecule has 16 heavy (non-hydrogen) atoms. The van der Waals surface area contributed by atoms with E-state index in [1.165, 1.54) is 0 Å². The average Bonchev–Trinajstić information content (AvgIpc) is 1.82. The fourth-order valence-corrected chi connectivity index (χ4v) is 0.728. The van der Waals surface area contributed by atoms with Crippen LogP contribution in [0.2, 0.25) is 0 Å². The molecule has 0 unspecified atom stereocenters. The zero-order chi connectivity index (χ0) is 7.84. The van der Waals surface area contributed by atoms with Crippen LogP contribution in [0.4, 0.5) is 0 Å². The Morgan fingerprint density at radius 2 is 0.875 bits per heavy atom. The molecular formula is H11B4NaO11. The van der Waals surface area contributed by atoms with E-state index in [2.05, 4.69) is 22.9 Å². The predicted molar refractivity (Wildman–Crippen MR) is 48.4 cm³/mol. The molecule has 0 aromatic carbocycles. The Kier molecular flexibility index (Phi) is 17.5. The molecule has 10 N–H and O–H groups in total. The van der Waals surface area contributed by atoms with Crippen LogP contribution in [0.15, 0.2) is 0 Å². The standard InChI is InChI=1S/B4H2O7.Na.4H2O.H/c5-1-7-3-9-2(6)10-4(8-1)11-3;;;;;;/h5-6H;;4*1H2;/q;+1;;;;;-1. The van der Waals surface area contributed by atoms with Gasteiger partial charge in [0.25, 0.3) is 0 Å². The number of rotatable bonds is 0. The van der Waals surface area contributed by atoms with E-state index in [0.717, 1.165) is 0 Å². The molecule has 0 atom stereocenters. The third kappa shape index (κ3) is 6.53. The van der Waals surface area contributed by atoms with Gasteiger partial charge in [0.1, 0.15) is 0 Å². The van der Waals surface area contributed by atoms with Crippen LogP contribution in [0.3, 0.4) is 0 Å². The van der Waals surface area contributed by atoms with Gasteiger partial charge in [0.15, 0.2) is 0 Å². The Balaban J connectivity index is -0.0000000800. The van der Waals surface area contributed by atoms with Crippen LogP contribution in [0.5, 0.6) is 0 Å². The third-order valence-electron chi connectivity index (χ3n) is 1.13. The molecule has 16 heteroatoms. The van der Waals surface area contributed by atoms with Crippen molar-refractivity contribution < 1.29 is 85.8 Å². The Labute approximate surface area is 115 Å². The molecule has 0 amide bonds. The summed E-state index contributed by atoms with van der Waals surface area (Å²) < 4.78 is 22.6. The molecule has 0 spiro atoms. The molecule has 0 saturated carbocycles. The van der Waals surface area contributed by atoms with Gasteiger partial charge in [-0.15, -0.1) is 0 Å². The van der Waals surface area contributed by atoms with Crippen molar-refractivity contribution in [1.82, 2.24) is 0 Å². The van der Waals surface area contributed by atoms with Crippen LogP contribution < -0.4 is 29.6 Å². The van der Waals surface area contributed by atoms with Crippen molar-refractivity contribution in [2.45, 2.75) is 0 Å². The summed E-state index contributed by atoms with van der Waals surface area (Å²) in [4.78, 5) is 0. The number of fused-ring (bicyclic) bond motifs is 2. The van der Waals surface area contributed by atoms with E-state index in [1.807, 2.05) is 0 Å². The maximum Gasteiger partial charge on any atom is 1.00 e. The molecule has 2 rings (SSSR count). The van der Waals surface area contributed by atoms with Gasteiger partial charge in [0.05, 0.1) is 0 Å². The van der Waals surface area contributed by atoms with E-state index < -0.39 is 29.3 Å². The van der Waals surface area contributed by atoms with Crippen LogP contribution in [0.1, 0.15) is 1.43 Å². The van der Waals surface area contributed by atoms with E-state index in [0.29, 0.717) is 0 Å². The quantitative estimate of drug-likeness (QED) is 0.397. The third-order valence-corrected chi connectivity index (χ3v) is 1.13. The van der Waals surface area contributed by atoms with E-state index >= 15 is 0 Å². The van der Waals surface area contributed by atoms with E-state index in [4.69, 9.17) is 10.0 Å². The summed E-state index contributed by atoms with van der Waals surface area (Å²) >= 11 is 0. The first-order chi connectivity index (χ1) is 5.24. The van der Waals surface area contributed by atoms with Crippen LogP contribution in [0, 0.1) is 0 Å². The smallest absolute Gasteiger partial charge is 1.00 e. The molecule has 0 radical (unpaired) electrons. The normalized spacial score (nSPS) is 16.9. The fourth-order valence-electron chi connectivity index (χ4n) is 0.728. The van der Waals surface area contributed by atoms with Crippen molar-refractivity contribution in [3.8, 4) is 0 Å².